The van der Waals surface area contributed by atoms with Gasteiger partial charge in [0.1, 0.15) is 0 Å². The van der Waals surface area contributed by atoms with Crippen molar-refractivity contribution in [3.8, 4) is 0 Å². The second kappa shape index (κ2) is 6.91. The molecule has 21 heavy (non-hydrogen) atoms. The number of thioether (sulfide) groups is 1. The molecule has 0 saturated carbocycles. The van der Waals surface area contributed by atoms with Gasteiger partial charge in [-0.25, -0.2) is 4.98 Å². The third kappa shape index (κ3) is 3.95. The van der Waals surface area contributed by atoms with Crippen LogP contribution in [0.4, 0.5) is 0 Å². The summed E-state index contributed by atoms with van der Waals surface area (Å²) in [6.45, 7) is 6.41. The lowest BCUT2D eigenvalue weighted by atomic mass is 9.95. The van der Waals surface area contributed by atoms with E-state index in [1.54, 1.807) is 11.8 Å². The highest BCUT2D eigenvalue weighted by Crippen LogP contribution is 2.27. The number of hydrogen-bond acceptors (Lipinski definition) is 4. The quantitative estimate of drug-likeness (QED) is 0.659. The zero-order chi connectivity index (χ0) is 15.4. The van der Waals surface area contributed by atoms with Crippen LogP contribution < -0.4 is 10.9 Å². The van der Waals surface area contributed by atoms with Crippen LogP contribution >= 0.6 is 11.8 Å². The molecule has 0 amide bonds. The molecule has 112 valence electrons. The predicted molar refractivity (Wildman–Crippen MR) is 88.0 cm³/mol. The van der Waals surface area contributed by atoms with Crippen LogP contribution in [0.15, 0.2) is 34.3 Å². The summed E-state index contributed by atoms with van der Waals surface area (Å²) in [5.41, 5.74) is 5.08. The third-order valence-corrected chi connectivity index (χ3v) is 4.45. The number of aryl methyl sites for hydroxylation is 3. The lowest BCUT2D eigenvalue weighted by Crippen LogP contribution is -2.21. The molecule has 5 heteroatoms. The summed E-state index contributed by atoms with van der Waals surface area (Å²) >= 11 is 1.55. The van der Waals surface area contributed by atoms with Crippen molar-refractivity contribution in [3.05, 3.63) is 57.0 Å². The summed E-state index contributed by atoms with van der Waals surface area (Å²) in [7, 11) is 1.96. The van der Waals surface area contributed by atoms with E-state index in [0.29, 0.717) is 5.16 Å². The average molecular weight is 303 g/mol. The van der Waals surface area contributed by atoms with E-state index in [9.17, 15) is 4.79 Å². The highest BCUT2D eigenvalue weighted by atomic mass is 32.2. The van der Waals surface area contributed by atoms with E-state index in [-0.39, 0.29) is 11.6 Å². The Kier molecular flexibility index (Phi) is 5.20. The molecule has 0 fully saturated rings. The average Bonchev–Trinajstić information content (AvgIpc) is 2.41. The van der Waals surface area contributed by atoms with Gasteiger partial charge in [0.25, 0.3) is 5.56 Å². The van der Waals surface area contributed by atoms with Gasteiger partial charge in [-0.05, 0) is 44.5 Å². The van der Waals surface area contributed by atoms with E-state index in [4.69, 9.17) is 0 Å². The van der Waals surface area contributed by atoms with Gasteiger partial charge in [-0.3, -0.25) is 4.79 Å². The Morgan fingerprint density at radius 2 is 1.95 bits per heavy atom. The fraction of sp³-hybridized carbons (Fsp3) is 0.375. The Bertz CT molecular complexity index is 658. The van der Waals surface area contributed by atoms with Gasteiger partial charge in [0.2, 0.25) is 0 Å². The zero-order valence-electron chi connectivity index (χ0n) is 12.9. The van der Waals surface area contributed by atoms with Crippen LogP contribution in [0.2, 0.25) is 0 Å². The number of aromatic amines is 1. The highest BCUT2D eigenvalue weighted by molar-refractivity contribution is 7.99. The first-order valence-electron chi connectivity index (χ1n) is 6.94. The Labute approximate surface area is 129 Å². The minimum absolute atomic E-state index is 0.115. The number of nitrogens with zero attached hydrogens (tertiary/aromatic N) is 1. The molecule has 1 heterocycles. The number of hydrogen-bond donors (Lipinski definition) is 2. The van der Waals surface area contributed by atoms with E-state index < -0.39 is 0 Å². The summed E-state index contributed by atoms with van der Waals surface area (Å²) in [6, 6.07) is 6.06. The highest BCUT2D eigenvalue weighted by Gasteiger charge is 2.15. The van der Waals surface area contributed by atoms with Crippen molar-refractivity contribution in [1.82, 2.24) is 15.3 Å². The van der Waals surface area contributed by atoms with Crippen LogP contribution in [0.25, 0.3) is 0 Å². The predicted octanol–water partition coefficient (Wildman–Crippen LogP) is 2.75. The van der Waals surface area contributed by atoms with Crippen LogP contribution in [-0.4, -0.2) is 22.8 Å². The molecule has 0 aliphatic heterocycles. The van der Waals surface area contributed by atoms with E-state index in [0.717, 1.165) is 5.75 Å². The van der Waals surface area contributed by atoms with Crippen molar-refractivity contribution in [2.24, 2.45) is 0 Å². The van der Waals surface area contributed by atoms with Crippen molar-refractivity contribution in [1.29, 1.82) is 0 Å². The lowest BCUT2D eigenvalue weighted by molar-refractivity contribution is 0.652. The molecule has 0 spiro atoms. The molecular formula is C16H21N3OS. The van der Waals surface area contributed by atoms with Gasteiger partial charge < -0.3 is 10.3 Å². The molecule has 1 aromatic heterocycles. The van der Waals surface area contributed by atoms with E-state index in [2.05, 4.69) is 48.2 Å². The molecule has 1 atom stereocenters. The molecule has 0 aliphatic rings. The third-order valence-electron chi connectivity index (χ3n) is 3.47. The van der Waals surface area contributed by atoms with Gasteiger partial charge in [-0.1, -0.05) is 29.5 Å². The normalized spacial score (nSPS) is 12.4. The number of H-pyrrole nitrogens is 1. The Morgan fingerprint density at radius 3 is 2.52 bits per heavy atom. The molecule has 2 N–H and O–H groups in total. The molecular weight excluding hydrogens is 282 g/mol. The monoisotopic (exact) mass is 303 g/mol. The van der Waals surface area contributed by atoms with Crippen molar-refractivity contribution >= 4 is 11.8 Å². The fourth-order valence-corrected chi connectivity index (χ4v) is 3.61. The number of rotatable bonds is 5. The SMILES string of the molecule is CNC(CSc1nccc(=O)[nH]1)c1c(C)cc(C)cc1C. The van der Waals surface area contributed by atoms with E-state index in [1.807, 2.05) is 7.05 Å². The van der Waals surface area contributed by atoms with Gasteiger partial charge in [-0.2, -0.15) is 0 Å². The van der Waals surface area contributed by atoms with Gasteiger partial charge in [0, 0.05) is 24.1 Å². The standard InChI is InChI=1S/C16H21N3OS/c1-10-7-11(2)15(12(3)8-10)13(17-4)9-21-16-18-6-5-14(20)19-16/h5-8,13,17H,9H2,1-4H3,(H,18,19,20). The molecule has 1 unspecified atom stereocenters. The van der Waals surface area contributed by atoms with Gasteiger partial charge >= 0.3 is 0 Å². The number of benzene rings is 1. The van der Waals surface area contributed by atoms with Crippen LogP contribution in [-0.2, 0) is 0 Å². The first kappa shape index (κ1) is 15.8. The maximum absolute atomic E-state index is 11.3. The van der Waals surface area contributed by atoms with E-state index >= 15 is 0 Å². The summed E-state index contributed by atoms with van der Waals surface area (Å²) < 4.78 is 0. The fourth-order valence-electron chi connectivity index (χ4n) is 2.64. The van der Waals surface area contributed by atoms with Gasteiger partial charge in [0.15, 0.2) is 5.16 Å². The topological polar surface area (TPSA) is 57.8 Å². The minimum Gasteiger partial charge on any atom is -0.312 e. The first-order valence-corrected chi connectivity index (χ1v) is 7.93. The maximum Gasteiger partial charge on any atom is 0.251 e. The summed E-state index contributed by atoms with van der Waals surface area (Å²) in [4.78, 5) is 18.2. The second-order valence-electron chi connectivity index (χ2n) is 5.20. The Hall–Kier alpha value is -1.59. The molecule has 0 bridgehead atoms. The van der Waals surface area contributed by atoms with Gasteiger partial charge in [-0.15, -0.1) is 0 Å². The first-order chi connectivity index (χ1) is 10.0. The van der Waals surface area contributed by atoms with E-state index in [1.165, 1.54) is 34.5 Å². The molecule has 2 aromatic rings. The molecule has 2 rings (SSSR count). The van der Waals surface area contributed by atoms with Crippen LogP contribution in [0.1, 0.15) is 28.3 Å². The lowest BCUT2D eigenvalue weighted by Gasteiger charge is -2.21. The largest absolute Gasteiger partial charge is 0.312 e. The summed E-state index contributed by atoms with van der Waals surface area (Å²) in [6.07, 6.45) is 1.54. The summed E-state index contributed by atoms with van der Waals surface area (Å²) in [5.74, 6) is 0.814. The molecule has 0 aliphatic carbocycles. The van der Waals surface area contributed by atoms with Gasteiger partial charge in [0.05, 0.1) is 0 Å². The van der Waals surface area contributed by atoms with Crippen LogP contribution in [0, 0.1) is 20.8 Å². The molecule has 1 aromatic carbocycles. The molecule has 4 nitrogen and oxygen atoms in total. The minimum atomic E-state index is -0.115. The maximum atomic E-state index is 11.3. The Balaban J connectivity index is 2.19. The van der Waals surface area contributed by atoms with Crippen LogP contribution in [0.5, 0.6) is 0 Å². The number of aromatic nitrogens is 2. The zero-order valence-corrected chi connectivity index (χ0v) is 13.7. The Morgan fingerprint density at radius 1 is 1.29 bits per heavy atom. The van der Waals surface area contributed by atoms with Crippen molar-refractivity contribution in [2.45, 2.75) is 32.0 Å². The van der Waals surface area contributed by atoms with Crippen molar-refractivity contribution < 1.29 is 0 Å². The van der Waals surface area contributed by atoms with Crippen LogP contribution in [0.3, 0.4) is 0 Å². The van der Waals surface area contributed by atoms with Crippen molar-refractivity contribution in [3.63, 3.8) is 0 Å². The smallest absolute Gasteiger partial charge is 0.251 e. The molecule has 0 saturated heterocycles. The summed E-state index contributed by atoms with van der Waals surface area (Å²) in [5, 5.41) is 4.02. The number of nitrogens with one attached hydrogen (secondary N) is 2. The van der Waals surface area contributed by atoms with Crippen molar-refractivity contribution in [2.75, 3.05) is 12.8 Å². The second-order valence-corrected chi connectivity index (χ2v) is 6.21. The molecule has 0 radical (unpaired) electrons.